The first kappa shape index (κ1) is 19.4. The molecule has 0 bridgehead atoms. The van der Waals surface area contributed by atoms with Crippen LogP contribution in [0.15, 0.2) is 54.1 Å². The molecule has 1 fully saturated rings. The number of Topliss-reactive ketones (excluding diaryl/α,β-unsaturated/α-hetero) is 1. The Morgan fingerprint density at radius 3 is 2.43 bits per heavy atom. The molecule has 1 aliphatic heterocycles. The average molecular weight is 383 g/mol. The van der Waals surface area contributed by atoms with E-state index in [1.165, 1.54) is 31.3 Å². The fourth-order valence-electron chi connectivity index (χ4n) is 3.25. The van der Waals surface area contributed by atoms with E-state index in [1.54, 1.807) is 36.4 Å². The van der Waals surface area contributed by atoms with Crippen LogP contribution in [0.2, 0.25) is 0 Å². The number of phenolic OH excluding ortho intramolecular Hbond substituents is 1. The van der Waals surface area contributed by atoms with E-state index < -0.39 is 17.7 Å². The molecule has 1 atom stereocenters. The van der Waals surface area contributed by atoms with Crippen molar-refractivity contribution in [3.05, 3.63) is 65.2 Å². The maximum atomic E-state index is 12.7. The SMILES string of the molecule is COCCN1C(=O)C(=O)C(=C(O)c2ccc(OC)cc2)[C@@H]1c1cccc(O)c1. The molecule has 2 N–H and O–H groups in total. The highest BCUT2D eigenvalue weighted by atomic mass is 16.5. The minimum atomic E-state index is -0.829. The van der Waals surface area contributed by atoms with Crippen molar-refractivity contribution in [1.82, 2.24) is 4.90 Å². The molecule has 2 aromatic rings. The number of ether oxygens (including phenoxy) is 2. The third kappa shape index (κ3) is 3.57. The van der Waals surface area contributed by atoms with Crippen molar-refractivity contribution < 1.29 is 29.3 Å². The van der Waals surface area contributed by atoms with Gasteiger partial charge in [0.2, 0.25) is 0 Å². The molecule has 28 heavy (non-hydrogen) atoms. The van der Waals surface area contributed by atoms with Crippen LogP contribution in [-0.4, -0.2) is 54.2 Å². The van der Waals surface area contributed by atoms with Crippen molar-refractivity contribution in [2.45, 2.75) is 6.04 Å². The van der Waals surface area contributed by atoms with Crippen LogP contribution in [0.5, 0.6) is 11.5 Å². The van der Waals surface area contributed by atoms with Crippen molar-refractivity contribution in [2.24, 2.45) is 0 Å². The second-order valence-corrected chi connectivity index (χ2v) is 6.31. The Morgan fingerprint density at radius 1 is 1.11 bits per heavy atom. The van der Waals surface area contributed by atoms with Crippen molar-refractivity contribution in [2.75, 3.05) is 27.4 Å². The Bertz CT molecular complexity index is 919. The summed E-state index contributed by atoms with van der Waals surface area (Å²) in [4.78, 5) is 26.7. The van der Waals surface area contributed by atoms with E-state index >= 15 is 0 Å². The van der Waals surface area contributed by atoms with Crippen LogP contribution in [0.25, 0.3) is 5.76 Å². The third-order valence-electron chi connectivity index (χ3n) is 4.63. The molecular weight excluding hydrogens is 362 g/mol. The van der Waals surface area contributed by atoms with Gasteiger partial charge in [-0.2, -0.15) is 0 Å². The van der Waals surface area contributed by atoms with Crippen molar-refractivity contribution in [3.8, 4) is 11.5 Å². The molecule has 1 amide bonds. The number of carbonyl (C=O) groups is 2. The zero-order chi connectivity index (χ0) is 20.3. The number of aliphatic hydroxyl groups is 1. The molecule has 146 valence electrons. The number of benzene rings is 2. The molecule has 0 aliphatic carbocycles. The predicted molar refractivity (Wildman–Crippen MR) is 102 cm³/mol. The number of methoxy groups -OCH3 is 2. The van der Waals surface area contributed by atoms with E-state index in [-0.39, 0.29) is 30.2 Å². The zero-order valence-electron chi connectivity index (χ0n) is 15.6. The molecule has 1 aliphatic rings. The highest BCUT2D eigenvalue weighted by Crippen LogP contribution is 2.40. The van der Waals surface area contributed by atoms with Gasteiger partial charge in [0.15, 0.2) is 0 Å². The van der Waals surface area contributed by atoms with Gasteiger partial charge in [0.25, 0.3) is 11.7 Å². The lowest BCUT2D eigenvalue weighted by Crippen LogP contribution is -2.32. The minimum absolute atomic E-state index is 0.000670. The summed E-state index contributed by atoms with van der Waals surface area (Å²) in [6.45, 7) is 0.395. The number of aliphatic hydroxyl groups excluding tert-OH is 1. The Kier molecular flexibility index (Phi) is 5.65. The van der Waals surface area contributed by atoms with E-state index in [0.29, 0.717) is 16.9 Å². The molecule has 7 nitrogen and oxygen atoms in total. The molecule has 7 heteroatoms. The maximum absolute atomic E-state index is 12.7. The van der Waals surface area contributed by atoms with Gasteiger partial charge in [-0.15, -0.1) is 0 Å². The Morgan fingerprint density at radius 2 is 1.82 bits per heavy atom. The third-order valence-corrected chi connectivity index (χ3v) is 4.63. The van der Waals surface area contributed by atoms with E-state index in [9.17, 15) is 19.8 Å². The lowest BCUT2D eigenvalue weighted by molar-refractivity contribution is -0.140. The lowest BCUT2D eigenvalue weighted by atomic mass is 9.95. The summed E-state index contributed by atoms with van der Waals surface area (Å²) in [6, 6.07) is 12.0. The monoisotopic (exact) mass is 383 g/mol. The summed E-state index contributed by atoms with van der Waals surface area (Å²) < 4.78 is 10.2. The van der Waals surface area contributed by atoms with Crippen LogP contribution in [0.3, 0.4) is 0 Å². The summed E-state index contributed by atoms with van der Waals surface area (Å²) in [5, 5.41) is 20.7. The molecule has 0 aromatic heterocycles. The number of hydrogen-bond donors (Lipinski definition) is 2. The van der Waals surface area contributed by atoms with E-state index in [4.69, 9.17) is 9.47 Å². The summed E-state index contributed by atoms with van der Waals surface area (Å²) in [6.07, 6.45) is 0. The van der Waals surface area contributed by atoms with Crippen molar-refractivity contribution in [1.29, 1.82) is 0 Å². The fourth-order valence-corrected chi connectivity index (χ4v) is 3.25. The minimum Gasteiger partial charge on any atom is -0.508 e. The molecule has 0 saturated carbocycles. The standard InChI is InChI=1S/C21H21NO6/c1-27-11-10-22-18(14-4-3-5-15(23)12-14)17(20(25)21(22)26)19(24)13-6-8-16(28-2)9-7-13/h3-9,12,18,23-24H,10-11H2,1-2H3/t18-/m0/s1. The van der Waals surface area contributed by atoms with Crippen LogP contribution < -0.4 is 4.74 Å². The van der Waals surface area contributed by atoms with E-state index in [2.05, 4.69) is 0 Å². The summed E-state index contributed by atoms with van der Waals surface area (Å²) in [5.74, 6) is -1.19. The normalized spacial score (nSPS) is 18.5. The number of likely N-dealkylation sites (tertiary alicyclic amines) is 1. The highest BCUT2D eigenvalue weighted by Gasteiger charge is 2.45. The maximum Gasteiger partial charge on any atom is 0.295 e. The van der Waals surface area contributed by atoms with Crippen LogP contribution in [0, 0.1) is 0 Å². The van der Waals surface area contributed by atoms with Crippen LogP contribution >= 0.6 is 0 Å². The quantitative estimate of drug-likeness (QED) is 0.452. The van der Waals surface area contributed by atoms with Crippen LogP contribution in [0.4, 0.5) is 0 Å². The lowest BCUT2D eigenvalue weighted by Gasteiger charge is -2.25. The van der Waals surface area contributed by atoms with Crippen LogP contribution in [0.1, 0.15) is 17.2 Å². The van der Waals surface area contributed by atoms with Gasteiger partial charge < -0.3 is 24.6 Å². The molecule has 0 spiro atoms. The second kappa shape index (κ2) is 8.14. The topological polar surface area (TPSA) is 96.3 Å². The molecule has 3 rings (SSSR count). The molecule has 1 saturated heterocycles. The van der Waals surface area contributed by atoms with Crippen LogP contribution in [-0.2, 0) is 14.3 Å². The van der Waals surface area contributed by atoms with Gasteiger partial charge in [-0.3, -0.25) is 9.59 Å². The van der Waals surface area contributed by atoms with Gasteiger partial charge >= 0.3 is 0 Å². The Labute approximate surface area is 162 Å². The Balaban J connectivity index is 2.14. The first-order valence-electron chi connectivity index (χ1n) is 8.68. The molecule has 2 aromatic carbocycles. The second-order valence-electron chi connectivity index (χ2n) is 6.31. The number of hydrogen-bond acceptors (Lipinski definition) is 6. The number of nitrogens with zero attached hydrogens (tertiary/aromatic N) is 1. The largest absolute Gasteiger partial charge is 0.508 e. The molecular formula is C21H21NO6. The number of carbonyl (C=O) groups excluding carboxylic acids is 2. The molecule has 1 heterocycles. The number of amides is 1. The zero-order valence-corrected chi connectivity index (χ0v) is 15.6. The average Bonchev–Trinajstić information content (AvgIpc) is 2.96. The molecule has 0 radical (unpaired) electrons. The number of phenols is 1. The van der Waals surface area contributed by atoms with E-state index in [0.717, 1.165) is 0 Å². The summed E-state index contributed by atoms with van der Waals surface area (Å²) >= 11 is 0. The number of ketones is 1. The smallest absolute Gasteiger partial charge is 0.295 e. The van der Waals surface area contributed by atoms with Gasteiger partial charge in [0.05, 0.1) is 25.3 Å². The van der Waals surface area contributed by atoms with Crippen molar-refractivity contribution in [3.63, 3.8) is 0 Å². The highest BCUT2D eigenvalue weighted by molar-refractivity contribution is 6.46. The first-order valence-corrected chi connectivity index (χ1v) is 8.68. The number of aromatic hydroxyl groups is 1. The van der Waals surface area contributed by atoms with Gasteiger partial charge in [0.1, 0.15) is 17.3 Å². The first-order chi connectivity index (χ1) is 13.5. The van der Waals surface area contributed by atoms with Gasteiger partial charge in [-0.1, -0.05) is 12.1 Å². The van der Waals surface area contributed by atoms with Gasteiger partial charge in [-0.25, -0.2) is 0 Å². The van der Waals surface area contributed by atoms with Crippen molar-refractivity contribution >= 4 is 17.4 Å². The number of rotatable bonds is 6. The van der Waals surface area contributed by atoms with E-state index in [1.807, 2.05) is 0 Å². The molecule has 0 unspecified atom stereocenters. The van der Waals surface area contributed by atoms with Gasteiger partial charge in [-0.05, 0) is 42.0 Å². The van der Waals surface area contributed by atoms with Gasteiger partial charge in [0, 0.05) is 19.2 Å². The Hall–Kier alpha value is -3.32. The summed E-state index contributed by atoms with van der Waals surface area (Å²) in [7, 11) is 3.02. The predicted octanol–water partition coefficient (Wildman–Crippen LogP) is 2.47. The summed E-state index contributed by atoms with van der Waals surface area (Å²) in [5.41, 5.74) is 0.873. The fraction of sp³-hybridized carbons (Fsp3) is 0.238.